The Bertz CT molecular complexity index is 203. The number of hydrogen-bond acceptors (Lipinski definition) is 0. The summed E-state index contributed by atoms with van der Waals surface area (Å²) in [6.07, 6.45) is 2.07. The first-order valence-corrected chi connectivity index (χ1v) is 4.54. The van der Waals surface area contributed by atoms with Gasteiger partial charge < -0.3 is 0 Å². The van der Waals surface area contributed by atoms with Crippen molar-refractivity contribution >= 4 is 23.2 Å². The van der Waals surface area contributed by atoms with Gasteiger partial charge in [-0.15, -0.1) is 11.6 Å². The van der Waals surface area contributed by atoms with Gasteiger partial charge in [0.15, 0.2) is 0 Å². The lowest BCUT2D eigenvalue weighted by atomic mass is 10.1. The van der Waals surface area contributed by atoms with E-state index in [0.717, 1.165) is 23.7 Å². The lowest BCUT2D eigenvalue weighted by Gasteiger charge is -1.97. The van der Waals surface area contributed by atoms with Gasteiger partial charge in [0.2, 0.25) is 0 Å². The molecule has 0 fully saturated rings. The molecule has 2 heteroatoms. The Morgan fingerprint density at radius 2 is 1.73 bits per heavy atom. The molecule has 0 amide bonds. The molecule has 0 radical (unpaired) electrons. The predicted molar refractivity (Wildman–Crippen MR) is 50.5 cm³/mol. The summed E-state index contributed by atoms with van der Waals surface area (Å²) in [4.78, 5) is 0. The van der Waals surface area contributed by atoms with Crippen molar-refractivity contribution in [3.8, 4) is 0 Å². The maximum absolute atomic E-state index is 5.72. The molecule has 0 unspecified atom stereocenters. The highest BCUT2D eigenvalue weighted by Gasteiger charge is 1.91. The molecular weight excluding hydrogens is 179 g/mol. The molecule has 0 spiro atoms. The summed E-state index contributed by atoms with van der Waals surface area (Å²) in [7, 11) is 0. The monoisotopic (exact) mass is 188 g/mol. The zero-order valence-corrected chi connectivity index (χ0v) is 7.70. The Balaban J connectivity index is 2.52. The van der Waals surface area contributed by atoms with Crippen LogP contribution in [0.25, 0.3) is 0 Å². The first-order chi connectivity index (χ1) is 5.33. The normalized spacial score (nSPS) is 10.0. The molecular formula is C9H10Cl2. The Morgan fingerprint density at radius 1 is 1.09 bits per heavy atom. The fraction of sp³-hybridized carbons (Fsp3) is 0.333. The van der Waals surface area contributed by atoms with E-state index in [1.54, 1.807) is 0 Å². The lowest BCUT2D eigenvalue weighted by Crippen LogP contribution is -1.84. The van der Waals surface area contributed by atoms with Crippen molar-refractivity contribution in [2.24, 2.45) is 0 Å². The van der Waals surface area contributed by atoms with Crippen molar-refractivity contribution < 1.29 is 0 Å². The highest BCUT2D eigenvalue weighted by atomic mass is 35.5. The molecule has 1 aromatic rings. The van der Waals surface area contributed by atoms with Crippen LogP contribution in [-0.4, -0.2) is 5.88 Å². The molecule has 0 saturated heterocycles. The van der Waals surface area contributed by atoms with Crippen LogP contribution in [0.3, 0.4) is 0 Å². The molecule has 60 valence electrons. The van der Waals surface area contributed by atoms with Crippen LogP contribution in [0.1, 0.15) is 12.0 Å². The maximum Gasteiger partial charge on any atom is 0.0406 e. The molecule has 0 nitrogen and oxygen atoms in total. The third-order valence-electron chi connectivity index (χ3n) is 1.51. The van der Waals surface area contributed by atoms with Crippen LogP contribution < -0.4 is 0 Å². The van der Waals surface area contributed by atoms with Crippen LogP contribution in [0.15, 0.2) is 24.3 Å². The van der Waals surface area contributed by atoms with Crippen molar-refractivity contribution in [3.05, 3.63) is 34.9 Å². The van der Waals surface area contributed by atoms with E-state index in [-0.39, 0.29) is 0 Å². The van der Waals surface area contributed by atoms with Gasteiger partial charge in [-0.25, -0.2) is 0 Å². The van der Waals surface area contributed by atoms with Gasteiger partial charge in [0.25, 0.3) is 0 Å². The average molecular weight is 189 g/mol. The second-order valence-electron chi connectivity index (χ2n) is 2.42. The van der Waals surface area contributed by atoms with Crippen LogP contribution in [0.4, 0.5) is 0 Å². The molecule has 0 aliphatic rings. The number of aryl methyl sites for hydroxylation is 1. The van der Waals surface area contributed by atoms with E-state index in [2.05, 4.69) is 0 Å². The third-order valence-corrected chi connectivity index (χ3v) is 2.03. The molecule has 0 saturated carbocycles. The fourth-order valence-electron chi connectivity index (χ4n) is 0.922. The Labute approximate surface area is 77.1 Å². The molecule has 0 bridgehead atoms. The second kappa shape index (κ2) is 4.63. The summed E-state index contributed by atoms with van der Waals surface area (Å²) >= 11 is 11.3. The average Bonchev–Trinajstić information content (AvgIpc) is 2.04. The van der Waals surface area contributed by atoms with Gasteiger partial charge in [0.1, 0.15) is 0 Å². The van der Waals surface area contributed by atoms with Crippen LogP contribution in [0, 0.1) is 0 Å². The SMILES string of the molecule is ClCCCc1ccc(Cl)cc1. The summed E-state index contributed by atoms with van der Waals surface area (Å²) in [6.45, 7) is 0. The van der Waals surface area contributed by atoms with Gasteiger partial charge in [-0.05, 0) is 30.5 Å². The molecule has 0 N–H and O–H groups in total. The molecule has 1 rings (SSSR count). The highest BCUT2D eigenvalue weighted by molar-refractivity contribution is 6.30. The fourth-order valence-corrected chi connectivity index (χ4v) is 1.18. The van der Waals surface area contributed by atoms with Gasteiger partial charge in [-0.2, -0.15) is 0 Å². The topological polar surface area (TPSA) is 0 Å². The Kier molecular flexibility index (Phi) is 3.74. The van der Waals surface area contributed by atoms with E-state index in [1.165, 1.54) is 5.56 Å². The zero-order chi connectivity index (χ0) is 8.10. The minimum atomic E-state index is 0.725. The molecule has 0 aromatic heterocycles. The lowest BCUT2D eigenvalue weighted by molar-refractivity contribution is 0.929. The largest absolute Gasteiger partial charge is 0.127 e. The first kappa shape index (κ1) is 8.89. The minimum Gasteiger partial charge on any atom is -0.127 e. The van der Waals surface area contributed by atoms with E-state index in [9.17, 15) is 0 Å². The minimum absolute atomic E-state index is 0.725. The summed E-state index contributed by atoms with van der Waals surface area (Å²) < 4.78 is 0. The number of alkyl halides is 1. The van der Waals surface area contributed by atoms with Crippen LogP contribution >= 0.6 is 23.2 Å². The van der Waals surface area contributed by atoms with Crippen molar-refractivity contribution in [2.45, 2.75) is 12.8 Å². The van der Waals surface area contributed by atoms with Gasteiger partial charge in [0.05, 0.1) is 0 Å². The van der Waals surface area contributed by atoms with Crippen molar-refractivity contribution in [1.82, 2.24) is 0 Å². The smallest absolute Gasteiger partial charge is 0.0406 e. The number of rotatable bonds is 3. The summed E-state index contributed by atoms with van der Waals surface area (Å²) in [5.41, 5.74) is 1.30. The zero-order valence-electron chi connectivity index (χ0n) is 6.19. The van der Waals surface area contributed by atoms with E-state index in [0.29, 0.717) is 0 Å². The van der Waals surface area contributed by atoms with E-state index in [1.807, 2.05) is 24.3 Å². The summed E-state index contributed by atoms with van der Waals surface area (Å²) in [6, 6.07) is 7.89. The Morgan fingerprint density at radius 3 is 2.27 bits per heavy atom. The molecule has 11 heavy (non-hydrogen) atoms. The molecule has 0 atom stereocenters. The van der Waals surface area contributed by atoms with Crippen molar-refractivity contribution in [1.29, 1.82) is 0 Å². The first-order valence-electron chi connectivity index (χ1n) is 3.63. The van der Waals surface area contributed by atoms with Gasteiger partial charge in [-0.1, -0.05) is 23.7 Å². The van der Waals surface area contributed by atoms with Gasteiger partial charge in [0, 0.05) is 10.9 Å². The van der Waals surface area contributed by atoms with Crippen LogP contribution in [-0.2, 0) is 6.42 Å². The molecule has 0 heterocycles. The van der Waals surface area contributed by atoms with E-state index < -0.39 is 0 Å². The van der Waals surface area contributed by atoms with Crippen LogP contribution in [0.2, 0.25) is 5.02 Å². The van der Waals surface area contributed by atoms with Gasteiger partial charge >= 0.3 is 0 Å². The van der Waals surface area contributed by atoms with E-state index in [4.69, 9.17) is 23.2 Å². The Hall–Kier alpha value is -0.200. The maximum atomic E-state index is 5.72. The molecule has 1 aromatic carbocycles. The summed E-state index contributed by atoms with van der Waals surface area (Å²) in [5.74, 6) is 0.725. The number of benzene rings is 1. The standard InChI is InChI=1S/C9H10Cl2/c10-7-1-2-8-3-5-9(11)6-4-8/h3-6H,1-2,7H2. The van der Waals surface area contributed by atoms with E-state index >= 15 is 0 Å². The number of halogens is 2. The quantitative estimate of drug-likeness (QED) is 0.638. The molecule has 0 aliphatic carbocycles. The van der Waals surface area contributed by atoms with Crippen LogP contribution in [0.5, 0.6) is 0 Å². The van der Waals surface area contributed by atoms with Gasteiger partial charge in [-0.3, -0.25) is 0 Å². The predicted octanol–water partition coefficient (Wildman–Crippen LogP) is 3.51. The summed E-state index contributed by atoms with van der Waals surface area (Å²) in [5, 5.41) is 0.791. The highest BCUT2D eigenvalue weighted by Crippen LogP contribution is 2.10. The van der Waals surface area contributed by atoms with Crippen molar-refractivity contribution in [3.63, 3.8) is 0 Å². The third kappa shape index (κ3) is 3.13. The van der Waals surface area contributed by atoms with Crippen molar-refractivity contribution in [2.75, 3.05) is 5.88 Å². The second-order valence-corrected chi connectivity index (χ2v) is 3.23. The molecule has 0 aliphatic heterocycles. The number of hydrogen-bond donors (Lipinski definition) is 0.